The number of esters is 1. The Hall–Kier alpha value is -2.69. The molecule has 0 saturated heterocycles. The molecule has 25 heavy (non-hydrogen) atoms. The van der Waals surface area contributed by atoms with E-state index in [9.17, 15) is 4.79 Å². The van der Waals surface area contributed by atoms with Crippen LogP contribution in [0.4, 0.5) is 5.69 Å². The van der Waals surface area contributed by atoms with Gasteiger partial charge in [0.15, 0.2) is 0 Å². The second-order valence-corrected chi connectivity index (χ2v) is 6.32. The van der Waals surface area contributed by atoms with Crippen molar-refractivity contribution in [3.63, 3.8) is 0 Å². The Morgan fingerprint density at radius 2 is 1.92 bits per heavy atom. The smallest absolute Gasteiger partial charge is 0.338 e. The SMILES string of the molecule is COC(=O)c1c(C)cc(OC[C@@H]2CN(C)c3ccccc3O2)cc1C. The van der Waals surface area contributed by atoms with Crippen LogP contribution in [0.25, 0.3) is 0 Å². The molecule has 5 nitrogen and oxygen atoms in total. The zero-order valence-electron chi connectivity index (χ0n) is 15.0. The van der Waals surface area contributed by atoms with E-state index in [1.165, 1.54) is 7.11 Å². The molecule has 1 aliphatic heterocycles. The number of anilines is 1. The van der Waals surface area contributed by atoms with E-state index in [0.29, 0.717) is 12.2 Å². The topological polar surface area (TPSA) is 48.0 Å². The van der Waals surface area contributed by atoms with E-state index >= 15 is 0 Å². The quantitative estimate of drug-likeness (QED) is 0.798. The van der Waals surface area contributed by atoms with Gasteiger partial charge in [0.25, 0.3) is 0 Å². The van der Waals surface area contributed by atoms with Crippen molar-refractivity contribution < 1.29 is 19.0 Å². The summed E-state index contributed by atoms with van der Waals surface area (Å²) in [5, 5.41) is 0. The van der Waals surface area contributed by atoms with Crippen molar-refractivity contribution in [3.8, 4) is 11.5 Å². The van der Waals surface area contributed by atoms with Crippen molar-refractivity contribution in [2.75, 3.05) is 32.2 Å². The number of benzene rings is 2. The number of fused-ring (bicyclic) bond motifs is 1. The Bertz CT molecular complexity index is 764. The van der Waals surface area contributed by atoms with Crippen molar-refractivity contribution in [1.29, 1.82) is 0 Å². The molecule has 1 aliphatic rings. The summed E-state index contributed by atoms with van der Waals surface area (Å²) >= 11 is 0. The molecule has 1 atom stereocenters. The molecule has 3 rings (SSSR count). The van der Waals surface area contributed by atoms with Crippen LogP contribution in [0.5, 0.6) is 11.5 Å². The molecule has 1 heterocycles. The van der Waals surface area contributed by atoms with Gasteiger partial charge in [0.1, 0.15) is 24.2 Å². The van der Waals surface area contributed by atoms with E-state index in [4.69, 9.17) is 14.2 Å². The normalized spacial score (nSPS) is 16.0. The minimum atomic E-state index is -0.324. The summed E-state index contributed by atoms with van der Waals surface area (Å²) in [6.45, 7) is 4.96. The number of hydrogen-bond donors (Lipinski definition) is 0. The van der Waals surface area contributed by atoms with Crippen LogP contribution in [0, 0.1) is 13.8 Å². The molecule has 0 amide bonds. The Kier molecular flexibility index (Phi) is 4.83. The number of hydrogen-bond acceptors (Lipinski definition) is 5. The lowest BCUT2D eigenvalue weighted by Crippen LogP contribution is -2.41. The average molecular weight is 341 g/mol. The maximum absolute atomic E-state index is 11.8. The van der Waals surface area contributed by atoms with Crippen LogP contribution in [0.2, 0.25) is 0 Å². The fourth-order valence-corrected chi connectivity index (χ4v) is 3.20. The van der Waals surface area contributed by atoms with Gasteiger partial charge in [-0.3, -0.25) is 0 Å². The first kappa shape index (κ1) is 17.1. The van der Waals surface area contributed by atoms with Crippen LogP contribution in [-0.4, -0.2) is 39.4 Å². The van der Waals surface area contributed by atoms with E-state index in [2.05, 4.69) is 4.90 Å². The number of rotatable bonds is 4. The standard InChI is InChI=1S/C20H23NO4/c1-13-9-15(10-14(2)19(13)20(22)23-4)24-12-16-11-21(3)17-7-5-6-8-18(17)25-16/h5-10,16H,11-12H2,1-4H3/t16-/m0/s1. The lowest BCUT2D eigenvalue weighted by Gasteiger charge is -2.33. The molecular weight excluding hydrogens is 318 g/mol. The summed E-state index contributed by atoms with van der Waals surface area (Å²) in [4.78, 5) is 14.0. The molecule has 0 fully saturated rings. The first-order chi connectivity index (χ1) is 12.0. The molecule has 0 aromatic heterocycles. The number of carbonyl (C=O) groups is 1. The van der Waals surface area contributed by atoms with Crippen molar-refractivity contribution >= 4 is 11.7 Å². The molecule has 2 aromatic rings. The summed E-state index contributed by atoms with van der Waals surface area (Å²) in [5.41, 5.74) is 3.37. The van der Waals surface area contributed by atoms with E-state index in [1.807, 2.05) is 57.3 Å². The highest BCUT2D eigenvalue weighted by Gasteiger charge is 2.24. The summed E-state index contributed by atoms with van der Waals surface area (Å²) in [5.74, 6) is 1.28. The predicted molar refractivity (Wildman–Crippen MR) is 96.9 cm³/mol. The van der Waals surface area contributed by atoms with Gasteiger partial charge >= 0.3 is 5.97 Å². The Morgan fingerprint density at radius 3 is 2.60 bits per heavy atom. The monoisotopic (exact) mass is 341 g/mol. The maximum atomic E-state index is 11.8. The Balaban J connectivity index is 1.70. The van der Waals surface area contributed by atoms with Gasteiger partial charge in [0.05, 0.1) is 24.9 Å². The number of nitrogens with zero attached hydrogens (tertiary/aromatic N) is 1. The van der Waals surface area contributed by atoms with Gasteiger partial charge in [-0.05, 0) is 49.2 Å². The average Bonchev–Trinajstić information content (AvgIpc) is 2.59. The van der Waals surface area contributed by atoms with Crippen molar-refractivity contribution in [1.82, 2.24) is 0 Å². The minimum Gasteiger partial charge on any atom is -0.490 e. The number of carbonyl (C=O) groups excluding carboxylic acids is 1. The van der Waals surface area contributed by atoms with Gasteiger partial charge < -0.3 is 19.1 Å². The van der Waals surface area contributed by atoms with E-state index in [1.54, 1.807) is 0 Å². The molecule has 132 valence electrons. The summed E-state index contributed by atoms with van der Waals surface area (Å²) in [6.07, 6.45) is -0.0548. The third kappa shape index (κ3) is 3.55. The highest BCUT2D eigenvalue weighted by Crippen LogP contribution is 2.32. The van der Waals surface area contributed by atoms with Gasteiger partial charge in [-0.25, -0.2) is 4.79 Å². The molecule has 0 radical (unpaired) electrons. The summed E-state index contributed by atoms with van der Waals surface area (Å²) in [7, 11) is 3.44. The van der Waals surface area contributed by atoms with Gasteiger partial charge in [0.2, 0.25) is 0 Å². The van der Waals surface area contributed by atoms with Gasteiger partial charge in [-0.1, -0.05) is 12.1 Å². The number of aryl methyl sites for hydroxylation is 2. The van der Waals surface area contributed by atoms with Crippen LogP contribution in [0.3, 0.4) is 0 Å². The molecule has 0 N–H and O–H groups in total. The second-order valence-electron chi connectivity index (χ2n) is 6.32. The first-order valence-corrected chi connectivity index (χ1v) is 8.28. The predicted octanol–water partition coefficient (Wildman–Crippen LogP) is 3.37. The fraction of sp³-hybridized carbons (Fsp3) is 0.350. The third-order valence-corrected chi connectivity index (χ3v) is 4.38. The number of ether oxygens (including phenoxy) is 3. The first-order valence-electron chi connectivity index (χ1n) is 8.28. The molecule has 0 saturated carbocycles. The molecule has 0 unspecified atom stereocenters. The molecule has 0 spiro atoms. The lowest BCUT2D eigenvalue weighted by molar-refractivity contribution is 0.0599. The van der Waals surface area contributed by atoms with Crippen LogP contribution in [0.15, 0.2) is 36.4 Å². The van der Waals surface area contributed by atoms with Crippen molar-refractivity contribution in [2.45, 2.75) is 20.0 Å². The second kappa shape index (κ2) is 7.05. The molecule has 0 bridgehead atoms. The Morgan fingerprint density at radius 1 is 1.24 bits per heavy atom. The van der Waals surface area contributed by atoms with Crippen LogP contribution >= 0.6 is 0 Å². The lowest BCUT2D eigenvalue weighted by atomic mass is 10.0. The van der Waals surface area contributed by atoms with E-state index in [-0.39, 0.29) is 12.1 Å². The molecular formula is C20H23NO4. The van der Waals surface area contributed by atoms with Crippen LogP contribution in [-0.2, 0) is 4.74 Å². The Labute approximate surface area is 148 Å². The number of likely N-dealkylation sites (N-methyl/N-ethyl adjacent to an activating group) is 1. The highest BCUT2D eigenvalue weighted by atomic mass is 16.5. The van der Waals surface area contributed by atoms with Crippen molar-refractivity contribution in [3.05, 3.63) is 53.1 Å². The number of methoxy groups -OCH3 is 1. The molecule has 0 aliphatic carbocycles. The molecule has 2 aromatic carbocycles. The van der Waals surface area contributed by atoms with Gasteiger partial charge in [0, 0.05) is 7.05 Å². The summed E-state index contributed by atoms with van der Waals surface area (Å²) in [6, 6.07) is 11.7. The maximum Gasteiger partial charge on any atom is 0.338 e. The zero-order valence-corrected chi connectivity index (χ0v) is 15.0. The van der Waals surface area contributed by atoms with Gasteiger partial charge in [-0.2, -0.15) is 0 Å². The zero-order chi connectivity index (χ0) is 18.0. The van der Waals surface area contributed by atoms with E-state index < -0.39 is 0 Å². The van der Waals surface area contributed by atoms with Gasteiger partial charge in [-0.15, -0.1) is 0 Å². The third-order valence-electron chi connectivity index (χ3n) is 4.38. The largest absolute Gasteiger partial charge is 0.490 e. The fourth-order valence-electron chi connectivity index (χ4n) is 3.20. The van der Waals surface area contributed by atoms with Crippen LogP contribution in [0.1, 0.15) is 21.5 Å². The van der Waals surface area contributed by atoms with Crippen molar-refractivity contribution in [2.24, 2.45) is 0 Å². The highest BCUT2D eigenvalue weighted by molar-refractivity contribution is 5.92. The minimum absolute atomic E-state index is 0.0548. The molecule has 5 heteroatoms. The van der Waals surface area contributed by atoms with E-state index in [0.717, 1.165) is 34.9 Å². The van der Waals surface area contributed by atoms with Crippen LogP contribution < -0.4 is 14.4 Å². The number of para-hydroxylation sites is 2. The summed E-state index contributed by atoms with van der Waals surface area (Å²) < 4.78 is 16.8.